The summed E-state index contributed by atoms with van der Waals surface area (Å²) in [6, 6.07) is 8.21. The SMILES string of the molecule is Nc1ccc(Nc2cc(Cl)ccc2OC(=O)O)c([N+](=O)[O-])c1. The summed E-state index contributed by atoms with van der Waals surface area (Å²) < 4.78 is 4.60. The molecular formula is C13H10ClN3O5. The summed E-state index contributed by atoms with van der Waals surface area (Å²) in [5, 5.41) is 22.8. The average molecular weight is 324 g/mol. The molecule has 0 atom stereocenters. The number of anilines is 3. The molecule has 0 aliphatic rings. The second-order valence-corrected chi connectivity index (χ2v) is 4.60. The molecule has 2 aromatic rings. The van der Waals surface area contributed by atoms with Gasteiger partial charge in [-0.3, -0.25) is 10.1 Å². The zero-order valence-corrected chi connectivity index (χ0v) is 11.7. The Morgan fingerprint density at radius 3 is 2.64 bits per heavy atom. The van der Waals surface area contributed by atoms with Crippen molar-refractivity contribution in [3.8, 4) is 5.75 Å². The van der Waals surface area contributed by atoms with Crippen LogP contribution in [0.15, 0.2) is 36.4 Å². The Hall–Kier alpha value is -3.00. The van der Waals surface area contributed by atoms with E-state index in [1.165, 1.54) is 36.4 Å². The van der Waals surface area contributed by atoms with Gasteiger partial charge < -0.3 is 20.9 Å². The van der Waals surface area contributed by atoms with Gasteiger partial charge in [-0.05, 0) is 30.3 Å². The Labute approximate surface area is 129 Å². The van der Waals surface area contributed by atoms with Crippen LogP contribution in [0, 0.1) is 10.1 Å². The van der Waals surface area contributed by atoms with Gasteiger partial charge >= 0.3 is 6.16 Å². The van der Waals surface area contributed by atoms with Gasteiger partial charge in [-0.1, -0.05) is 11.6 Å². The summed E-state index contributed by atoms with van der Waals surface area (Å²) in [4.78, 5) is 21.1. The fourth-order valence-corrected chi connectivity index (χ4v) is 1.91. The summed E-state index contributed by atoms with van der Waals surface area (Å²) >= 11 is 5.85. The molecule has 0 fully saturated rings. The summed E-state index contributed by atoms with van der Waals surface area (Å²) in [5.41, 5.74) is 5.78. The zero-order valence-electron chi connectivity index (χ0n) is 10.9. The first-order chi connectivity index (χ1) is 10.4. The molecular weight excluding hydrogens is 314 g/mol. The predicted octanol–water partition coefficient (Wildman–Crippen LogP) is 3.63. The van der Waals surface area contributed by atoms with Gasteiger partial charge in [0, 0.05) is 16.8 Å². The largest absolute Gasteiger partial charge is 0.511 e. The van der Waals surface area contributed by atoms with Crippen molar-refractivity contribution in [2.24, 2.45) is 0 Å². The van der Waals surface area contributed by atoms with Crippen molar-refractivity contribution < 1.29 is 19.6 Å². The Bertz CT molecular complexity index is 750. The highest BCUT2D eigenvalue weighted by molar-refractivity contribution is 6.31. The van der Waals surface area contributed by atoms with E-state index in [1.807, 2.05) is 0 Å². The average Bonchev–Trinajstić information content (AvgIpc) is 2.43. The molecule has 0 unspecified atom stereocenters. The molecule has 0 saturated carbocycles. The number of nitro benzene ring substituents is 1. The second-order valence-electron chi connectivity index (χ2n) is 4.17. The Kier molecular flexibility index (Phi) is 4.33. The zero-order chi connectivity index (χ0) is 16.3. The second kappa shape index (κ2) is 6.19. The lowest BCUT2D eigenvalue weighted by atomic mass is 10.2. The van der Waals surface area contributed by atoms with Gasteiger partial charge in [-0.25, -0.2) is 4.79 Å². The van der Waals surface area contributed by atoms with E-state index in [2.05, 4.69) is 10.1 Å². The lowest BCUT2D eigenvalue weighted by molar-refractivity contribution is -0.383. The third-order valence-electron chi connectivity index (χ3n) is 2.63. The number of nitro groups is 1. The van der Waals surface area contributed by atoms with Crippen molar-refractivity contribution in [2.45, 2.75) is 0 Å². The standard InChI is InChI=1S/C13H10ClN3O5/c14-7-1-4-12(22-13(18)19)10(5-7)16-9-3-2-8(15)6-11(9)17(20)21/h1-6,16H,15H2,(H,18,19). The van der Waals surface area contributed by atoms with Crippen LogP contribution in [0.1, 0.15) is 0 Å². The Morgan fingerprint density at radius 1 is 1.27 bits per heavy atom. The molecule has 114 valence electrons. The number of hydrogen-bond donors (Lipinski definition) is 3. The van der Waals surface area contributed by atoms with E-state index in [0.717, 1.165) is 0 Å². The first-order valence-corrected chi connectivity index (χ1v) is 6.26. The molecule has 0 aliphatic heterocycles. The maximum absolute atomic E-state index is 11.1. The van der Waals surface area contributed by atoms with Crippen LogP contribution >= 0.6 is 11.6 Å². The molecule has 0 bridgehead atoms. The van der Waals surface area contributed by atoms with Crippen molar-refractivity contribution in [1.29, 1.82) is 0 Å². The normalized spacial score (nSPS) is 10.0. The van der Waals surface area contributed by atoms with Crippen molar-refractivity contribution in [2.75, 3.05) is 11.1 Å². The van der Waals surface area contributed by atoms with E-state index in [-0.39, 0.29) is 28.5 Å². The molecule has 22 heavy (non-hydrogen) atoms. The van der Waals surface area contributed by atoms with Gasteiger partial charge in [-0.15, -0.1) is 0 Å². The van der Waals surface area contributed by atoms with E-state index in [9.17, 15) is 14.9 Å². The van der Waals surface area contributed by atoms with Gasteiger partial charge in [0.05, 0.1) is 10.6 Å². The Morgan fingerprint density at radius 2 is 2.00 bits per heavy atom. The number of nitrogens with two attached hydrogens (primary N) is 1. The minimum atomic E-state index is -1.52. The molecule has 0 aliphatic carbocycles. The van der Waals surface area contributed by atoms with Gasteiger partial charge in [-0.2, -0.15) is 0 Å². The number of ether oxygens (including phenoxy) is 1. The highest BCUT2D eigenvalue weighted by atomic mass is 35.5. The molecule has 9 heteroatoms. The minimum absolute atomic E-state index is 0.0389. The smallest absolute Gasteiger partial charge is 0.449 e. The summed E-state index contributed by atoms with van der Waals surface area (Å²) in [6.45, 7) is 0. The molecule has 8 nitrogen and oxygen atoms in total. The molecule has 0 aromatic heterocycles. The molecule has 4 N–H and O–H groups in total. The fraction of sp³-hybridized carbons (Fsp3) is 0. The van der Waals surface area contributed by atoms with Gasteiger partial charge in [0.15, 0.2) is 5.75 Å². The molecule has 0 heterocycles. The molecule has 0 amide bonds. The van der Waals surface area contributed by atoms with E-state index < -0.39 is 11.1 Å². The maximum Gasteiger partial charge on any atom is 0.511 e. The van der Waals surface area contributed by atoms with Gasteiger partial charge in [0.25, 0.3) is 5.69 Å². The van der Waals surface area contributed by atoms with Crippen molar-refractivity contribution >= 4 is 40.5 Å². The monoisotopic (exact) mass is 323 g/mol. The van der Waals surface area contributed by atoms with Gasteiger partial charge in [0.1, 0.15) is 5.69 Å². The van der Waals surface area contributed by atoms with Crippen LogP contribution in [-0.4, -0.2) is 16.2 Å². The van der Waals surface area contributed by atoms with Crippen LogP contribution in [0.2, 0.25) is 5.02 Å². The lowest BCUT2D eigenvalue weighted by Crippen LogP contribution is -2.06. The third kappa shape index (κ3) is 3.55. The molecule has 0 radical (unpaired) electrons. The molecule has 2 aromatic carbocycles. The number of carbonyl (C=O) groups is 1. The summed E-state index contributed by atoms with van der Waals surface area (Å²) in [5.74, 6) is -0.0389. The Balaban J connectivity index is 2.44. The fourth-order valence-electron chi connectivity index (χ4n) is 1.73. The summed E-state index contributed by atoms with van der Waals surface area (Å²) in [7, 11) is 0. The van der Waals surface area contributed by atoms with Crippen molar-refractivity contribution in [1.82, 2.24) is 0 Å². The number of hydrogen-bond acceptors (Lipinski definition) is 6. The third-order valence-corrected chi connectivity index (χ3v) is 2.86. The van der Waals surface area contributed by atoms with Crippen LogP contribution in [0.25, 0.3) is 0 Å². The van der Waals surface area contributed by atoms with Gasteiger partial charge in [0.2, 0.25) is 0 Å². The number of nitrogens with one attached hydrogen (secondary N) is 1. The van der Waals surface area contributed by atoms with E-state index >= 15 is 0 Å². The number of rotatable bonds is 4. The first kappa shape index (κ1) is 15.4. The van der Waals surface area contributed by atoms with Crippen LogP contribution in [-0.2, 0) is 0 Å². The van der Waals surface area contributed by atoms with E-state index in [4.69, 9.17) is 22.4 Å². The minimum Gasteiger partial charge on any atom is -0.449 e. The van der Waals surface area contributed by atoms with Crippen LogP contribution in [0.3, 0.4) is 0 Å². The summed E-state index contributed by atoms with van der Waals surface area (Å²) in [6.07, 6.45) is -1.52. The van der Waals surface area contributed by atoms with E-state index in [0.29, 0.717) is 5.02 Å². The maximum atomic E-state index is 11.1. The topological polar surface area (TPSA) is 128 Å². The number of carboxylic acid groups (broad SMARTS) is 1. The van der Waals surface area contributed by atoms with Crippen LogP contribution in [0.4, 0.5) is 27.5 Å². The van der Waals surface area contributed by atoms with E-state index in [1.54, 1.807) is 0 Å². The molecule has 0 spiro atoms. The number of halogens is 1. The quantitative estimate of drug-likeness (QED) is 0.257. The predicted molar refractivity (Wildman–Crippen MR) is 80.9 cm³/mol. The van der Waals surface area contributed by atoms with Crippen molar-refractivity contribution in [3.05, 3.63) is 51.5 Å². The van der Waals surface area contributed by atoms with Crippen molar-refractivity contribution in [3.63, 3.8) is 0 Å². The number of benzene rings is 2. The highest BCUT2D eigenvalue weighted by Gasteiger charge is 2.17. The first-order valence-electron chi connectivity index (χ1n) is 5.88. The highest BCUT2D eigenvalue weighted by Crippen LogP contribution is 2.35. The van der Waals surface area contributed by atoms with Crippen LogP contribution in [0.5, 0.6) is 5.75 Å². The molecule has 0 saturated heterocycles. The molecule has 2 rings (SSSR count). The van der Waals surface area contributed by atoms with Crippen LogP contribution < -0.4 is 15.8 Å². The number of nitrogens with zero attached hydrogens (tertiary/aromatic N) is 1. The lowest BCUT2D eigenvalue weighted by Gasteiger charge is -2.12. The number of nitrogen functional groups attached to an aromatic ring is 1.